The fraction of sp³-hybridized carbons (Fsp3) is 0.357. The summed E-state index contributed by atoms with van der Waals surface area (Å²) in [6.07, 6.45) is 0. The van der Waals surface area contributed by atoms with E-state index in [9.17, 15) is 13.2 Å². The average molecular weight is 310 g/mol. The topological polar surface area (TPSA) is 95.5 Å². The summed E-state index contributed by atoms with van der Waals surface area (Å²) in [5.41, 5.74) is 0.831. The number of sulfonamides is 1. The molecule has 0 bridgehead atoms. The van der Waals surface area contributed by atoms with Crippen molar-refractivity contribution in [1.29, 1.82) is 0 Å². The molecule has 0 spiro atoms. The van der Waals surface area contributed by atoms with E-state index in [0.29, 0.717) is 17.7 Å². The Bertz CT molecular complexity index is 644. The zero-order valence-electron chi connectivity index (χ0n) is 11.7. The first-order valence-electron chi connectivity index (χ1n) is 6.44. The van der Waals surface area contributed by atoms with Gasteiger partial charge in [-0.15, -0.1) is 0 Å². The lowest BCUT2D eigenvalue weighted by Crippen LogP contribution is -2.34. The fourth-order valence-electron chi connectivity index (χ4n) is 1.61. The standard InChI is InChI=1S/C14H18N2O4S/c1-2-16-21(19,20)11-9-15-14(18)13-8-4-3-6-12(13)7-5-10-17/h3-4,6,8,16-17H,2,9-11H2,1H3,(H,15,18). The third-order valence-corrected chi connectivity index (χ3v) is 3.96. The lowest BCUT2D eigenvalue weighted by Gasteiger charge is -2.08. The summed E-state index contributed by atoms with van der Waals surface area (Å²) >= 11 is 0. The van der Waals surface area contributed by atoms with E-state index in [4.69, 9.17) is 5.11 Å². The van der Waals surface area contributed by atoms with Crippen molar-refractivity contribution >= 4 is 15.9 Å². The molecule has 1 aromatic carbocycles. The van der Waals surface area contributed by atoms with Crippen LogP contribution in [0.3, 0.4) is 0 Å². The molecule has 0 aromatic heterocycles. The minimum atomic E-state index is -3.36. The molecule has 0 aliphatic carbocycles. The van der Waals surface area contributed by atoms with E-state index in [1.165, 1.54) is 0 Å². The van der Waals surface area contributed by atoms with Gasteiger partial charge in [-0.3, -0.25) is 4.79 Å². The molecule has 114 valence electrons. The highest BCUT2D eigenvalue weighted by Gasteiger charge is 2.12. The Kier molecular flexibility index (Phi) is 6.88. The van der Waals surface area contributed by atoms with Gasteiger partial charge in [0.25, 0.3) is 5.91 Å². The average Bonchev–Trinajstić information content (AvgIpc) is 2.45. The second-order valence-corrected chi connectivity index (χ2v) is 6.00. The molecule has 1 amide bonds. The zero-order chi connectivity index (χ0) is 15.7. The van der Waals surface area contributed by atoms with Crippen LogP contribution in [0.2, 0.25) is 0 Å². The van der Waals surface area contributed by atoms with Gasteiger partial charge in [0, 0.05) is 18.7 Å². The molecule has 0 heterocycles. The molecule has 21 heavy (non-hydrogen) atoms. The van der Waals surface area contributed by atoms with Gasteiger partial charge in [-0.1, -0.05) is 30.9 Å². The molecule has 0 fully saturated rings. The van der Waals surface area contributed by atoms with Crippen LogP contribution in [-0.4, -0.2) is 44.9 Å². The predicted octanol–water partition coefficient (Wildman–Crippen LogP) is -0.301. The van der Waals surface area contributed by atoms with Gasteiger partial charge in [-0.05, 0) is 12.1 Å². The largest absolute Gasteiger partial charge is 0.384 e. The van der Waals surface area contributed by atoms with Crippen LogP contribution in [0, 0.1) is 11.8 Å². The van der Waals surface area contributed by atoms with Crippen LogP contribution in [0.1, 0.15) is 22.8 Å². The summed E-state index contributed by atoms with van der Waals surface area (Å²) in [5, 5.41) is 11.2. The zero-order valence-corrected chi connectivity index (χ0v) is 12.5. The van der Waals surface area contributed by atoms with E-state index in [2.05, 4.69) is 21.9 Å². The quantitative estimate of drug-likeness (QED) is 0.629. The second-order valence-electron chi connectivity index (χ2n) is 4.08. The molecule has 1 aromatic rings. The minimum Gasteiger partial charge on any atom is -0.384 e. The monoisotopic (exact) mass is 310 g/mol. The first-order valence-corrected chi connectivity index (χ1v) is 8.09. The number of amides is 1. The van der Waals surface area contributed by atoms with Crippen molar-refractivity contribution in [3.8, 4) is 11.8 Å². The Morgan fingerprint density at radius 3 is 2.71 bits per heavy atom. The number of carbonyl (C=O) groups excluding carboxylic acids is 1. The first-order chi connectivity index (χ1) is 10.00. The van der Waals surface area contributed by atoms with Gasteiger partial charge in [-0.2, -0.15) is 0 Å². The molecule has 0 saturated carbocycles. The third-order valence-electron chi connectivity index (χ3n) is 2.49. The molecule has 7 heteroatoms. The van der Waals surface area contributed by atoms with Crippen LogP contribution in [-0.2, 0) is 10.0 Å². The molecule has 0 saturated heterocycles. The van der Waals surface area contributed by atoms with Crippen molar-refractivity contribution < 1.29 is 18.3 Å². The highest BCUT2D eigenvalue weighted by Crippen LogP contribution is 2.07. The third kappa shape index (κ3) is 5.95. The van der Waals surface area contributed by atoms with Crippen LogP contribution >= 0.6 is 0 Å². The second kappa shape index (κ2) is 8.42. The SMILES string of the molecule is CCNS(=O)(=O)CCNC(=O)c1ccccc1C#CCO. The Morgan fingerprint density at radius 1 is 1.33 bits per heavy atom. The minimum absolute atomic E-state index is 0.00985. The molecule has 0 aliphatic heterocycles. The number of carbonyl (C=O) groups is 1. The summed E-state index contributed by atoms with van der Waals surface area (Å²) in [4.78, 5) is 12.0. The van der Waals surface area contributed by atoms with Gasteiger partial charge in [-0.25, -0.2) is 13.1 Å². The lowest BCUT2D eigenvalue weighted by atomic mass is 10.1. The van der Waals surface area contributed by atoms with Crippen molar-refractivity contribution in [2.24, 2.45) is 0 Å². The Morgan fingerprint density at radius 2 is 2.05 bits per heavy atom. The highest BCUT2D eigenvalue weighted by atomic mass is 32.2. The number of nitrogens with one attached hydrogen (secondary N) is 2. The molecular formula is C14H18N2O4S. The molecule has 0 radical (unpaired) electrons. The van der Waals surface area contributed by atoms with Gasteiger partial charge >= 0.3 is 0 Å². The van der Waals surface area contributed by atoms with E-state index >= 15 is 0 Å². The molecule has 6 nitrogen and oxygen atoms in total. The Balaban J connectivity index is 2.69. The van der Waals surface area contributed by atoms with Crippen LogP contribution in [0.15, 0.2) is 24.3 Å². The van der Waals surface area contributed by atoms with Crippen molar-refractivity contribution in [2.45, 2.75) is 6.92 Å². The van der Waals surface area contributed by atoms with Crippen molar-refractivity contribution in [2.75, 3.05) is 25.4 Å². The molecule has 3 N–H and O–H groups in total. The van der Waals surface area contributed by atoms with Gasteiger partial charge < -0.3 is 10.4 Å². The van der Waals surface area contributed by atoms with Crippen LogP contribution in [0.5, 0.6) is 0 Å². The summed E-state index contributed by atoms with van der Waals surface area (Å²) < 4.78 is 25.2. The number of aliphatic hydroxyl groups excluding tert-OH is 1. The maximum Gasteiger partial charge on any atom is 0.252 e. The Hall–Kier alpha value is -1.88. The summed E-state index contributed by atoms with van der Waals surface area (Å²) in [6.45, 7) is 1.72. The van der Waals surface area contributed by atoms with Crippen molar-refractivity contribution in [3.05, 3.63) is 35.4 Å². The summed E-state index contributed by atoms with van der Waals surface area (Å²) in [5.74, 6) is 4.57. The van der Waals surface area contributed by atoms with Crippen LogP contribution < -0.4 is 10.0 Å². The van der Waals surface area contributed by atoms with E-state index in [-0.39, 0.29) is 18.9 Å². The van der Waals surface area contributed by atoms with E-state index in [0.717, 1.165) is 0 Å². The maximum atomic E-state index is 12.0. The summed E-state index contributed by atoms with van der Waals surface area (Å²) in [6, 6.07) is 6.67. The van der Waals surface area contributed by atoms with Crippen molar-refractivity contribution in [1.82, 2.24) is 10.0 Å². The van der Waals surface area contributed by atoms with E-state index in [1.807, 2.05) is 0 Å². The first kappa shape index (κ1) is 17.2. The van der Waals surface area contributed by atoms with Crippen molar-refractivity contribution in [3.63, 3.8) is 0 Å². The van der Waals surface area contributed by atoms with Gasteiger partial charge in [0.2, 0.25) is 10.0 Å². The lowest BCUT2D eigenvalue weighted by molar-refractivity contribution is 0.0956. The van der Waals surface area contributed by atoms with Gasteiger partial charge in [0.15, 0.2) is 0 Å². The van der Waals surface area contributed by atoms with E-state index < -0.39 is 15.9 Å². The molecular weight excluding hydrogens is 292 g/mol. The highest BCUT2D eigenvalue weighted by molar-refractivity contribution is 7.89. The Labute approximate surface area is 124 Å². The maximum absolute atomic E-state index is 12.0. The fourth-order valence-corrected chi connectivity index (χ4v) is 2.57. The number of aliphatic hydroxyl groups is 1. The normalized spacial score (nSPS) is 10.6. The smallest absolute Gasteiger partial charge is 0.252 e. The number of hydrogen-bond acceptors (Lipinski definition) is 4. The number of rotatable bonds is 6. The van der Waals surface area contributed by atoms with Crippen LogP contribution in [0.4, 0.5) is 0 Å². The predicted molar refractivity (Wildman–Crippen MR) is 80.2 cm³/mol. The molecule has 0 atom stereocenters. The molecule has 1 rings (SSSR count). The van der Waals surface area contributed by atoms with Gasteiger partial charge in [0.05, 0.1) is 11.3 Å². The van der Waals surface area contributed by atoms with E-state index in [1.54, 1.807) is 31.2 Å². The number of benzene rings is 1. The molecule has 0 aliphatic rings. The number of hydrogen-bond donors (Lipinski definition) is 3. The molecule has 0 unspecified atom stereocenters. The van der Waals surface area contributed by atoms with Crippen LogP contribution in [0.25, 0.3) is 0 Å². The summed E-state index contributed by atoms with van der Waals surface area (Å²) in [7, 11) is -3.36. The van der Waals surface area contributed by atoms with Gasteiger partial charge in [0.1, 0.15) is 6.61 Å².